The van der Waals surface area contributed by atoms with Crippen LogP contribution in [0.3, 0.4) is 0 Å². The fourth-order valence-electron chi connectivity index (χ4n) is 1.47. The van der Waals surface area contributed by atoms with E-state index in [9.17, 15) is 8.42 Å². The Morgan fingerprint density at radius 1 is 1.56 bits per heavy atom. The van der Waals surface area contributed by atoms with E-state index in [1.54, 1.807) is 7.05 Å². The number of aromatic nitrogens is 3. The number of halogens is 1. The number of hydrogen-bond donors (Lipinski definition) is 0. The predicted molar refractivity (Wildman–Crippen MR) is 71.7 cm³/mol. The zero-order valence-corrected chi connectivity index (χ0v) is 13.0. The third kappa shape index (κ3) is 2.48. The molecular formula is C9H11BrN4O2S2. The molecular weight excluding hydrogens is 340 g/mol. The summed E-state index contributed by atoms with van der Waals surface area (Å²) in [5, 5.41) is 11.3. The summed E-state index contributed by atoms with van der Waals surface area (Å²) in [6.45, 7) is 0.323. The Morgan fingerprint density at radius 3 is 2.78 bits per heavy atom. The van der Waals surface area contributed by atoms with Crippen molar-refractivity contribution in [1.29, 1.82) is 0 Å². The number of aryl methyl sites for hydroxylation is 1. The van der Waals surface area contributed by atoms with E-state index in [1.807, 2.05) is 16.8 Å². The first kappa shape index (κ1) is 13.7. The van der Waals surface area contributed by atoms with Gasteiger partial charge < -0.3 is 0 Å². The van der Waals surface area contributed by atoms with Crippen molar-refractivity contribution in [3.05, 3.63) is 27.0 Å². The van der Waals surface area contributed by atoms with Crippen molar-refractivity contribution in [3.8, 4) is 0 Å². The van der Waals surface area contributed by atoms with Gasteiger partial charge in [-0.3, -0.25) is 0 Å². The highest BCUT2D eigenvalue weighted by atomic mass is 79.9. The molecule has 0 aliphatic heterocycles. The SMILES string of the molecule is CN(Cc1ccsc1)S(=O)(=O)c1c(Br)nnn1C. The molecule has 0 atom stereocenters. The molecule has 0 saturated heterocycles. The van der Waals surface area contributed by atoms with Gasteiger partial charge in [0.25, 0.3) is 10.0 Å². The Balaban J connectivity index is 2.32. The van der Waals surface area contributed by atoms with E-state index in [0.717, 1.165) is 5.56 Å². The molecule has 2 rings (SSSR count). The Kier molecular flexibility index (Phi) is 3.85. The lowest BCUT2D eigenvalue weighted by atomic mass is 10.3. The van der Waals surface area contributed by atoms with Crippen molar-refractivity contribution in [2.45, 2.75) is 11.6 Å². The van der Waals surface area contributed by atoms with Crippen LogP contribution in [0.15, 0.2) is 26.5 Å². The van der Waals surface area contributed by atoms with Crippen molar-refractivity contribution >= 4 is 37.3 Å². The standard InChI is InChI=1S/C9H11BrN4O2S2/c1-13(5-7-3-4-17-6-7)18(15,16)9-8(10)11-12-14(9)2/h3-4,6H,5H2,1-2H3. The van der Waals surface area contributed by atoms with Crippen LogP contribution >= 0.6 is 27.3 Å². The van der Waals surface area contributed by atoms with E-state index in [2.05, 4.69) is 26.2 Å². The van der Waals surface area contributed by atoms with Crippen LogP contribution in [0.4, 0.5) is 0 Å². The van der Waals surface area contributed by atoms with Crippen molar-refractivity contribution in [2.24, 2.45) is 7.05 Å². The van der Waals surface area contributed by atoms with Gasteiger partial charge in [-0.1, -0.05) is 5.21 Å². The highest BCUT2D eigenvalue weighted by Crippen LogP contribution is 2.22. The van der Waals surface area contributed by atoms with Gasteiger partial charge in [-0.25, -0.2) is 13.1 Å². The van der Waals surface area contributed by atoms with Gasteiger partial charge >= 0.3 is 0 Å². The molecule has 0 bridgehead atoms. The summed E-state index contributed by atoms with van der Waals surface area (Å²) in [7, 11) is -0.525. The maximum Gasteiger partial charge on any atom is 0.263 e. The second-order valence-corrected chi connectivity index (χ2v) is 7.19. The number of hydrogen-bond acceptors (Lipinski definition) is 5. The lowest BCUT2D eigenvalue weighted by molar-refractivity contribution is 0.457. The molecule has 18 heavy (non-hydrogen) atoms. The summed E-state index contributed by atoms with van der Waals surface area (Å²) in [6, 6.07) is 1.90. The van der Waals surface area contributed by atoms with Gasteiger partial charge in [0.05, 0.1) is 0 Å². The van der Waals surface area contributed by atoms with Gasteiger partial charge in [0.1, 0.15) is 0 Å². The normalized spacial score (nSPS) is 12.2. The van der Waals surface area contributed by atoms with Gasteiger partial charge in [-0.05, 0) is 38.3 Å². The molecule has 98 valence electrons. The maximum atomic E-state index is 12.4. The van der Waals surface area contributed by atoms with E-state index in [0.29, 0.717) is 6.54 Å². The molecule has 2 aromatic rings. The topological polar surface area (TPSA) is 68.1 Å². The summed E-state index contributed by atoms with van der Waals surface area (Å²) >= 11 is 4.64. The molecule has 0 saturated carbocycles. The molecule has 9 heteroatoms. The molecule has 0 aromatic carbocycles. The minimum absolute atomic E-state index is 0.0558. The highest BCUT2D eigenvalue weighted by molar-refractivity contribution is 9.10. The Labute approximate surface area is 117 Å². The molecule has 0 aliphatic carbocycles. The summed E-state index contributed by atoms with van der Waals surface area (Å²) in [5.74, 6) is 0. The molecule has 0 aliphatic rings. The lowest BCUT2D eigenvalue weighted by Gasteiger charge is -2.16. The second-order valence-electron chi connectivity index (χ2n) is 3.70. The third-order valence-electron chi connectivity index (χ3n) is 2.38. The van der Waals surface area contributed by atoms with Crippen LogP contribution in [0.2, 0.25) is 0 Å². The van der Waals surface area contributed by atoms with Crippen molar-refractivity contribution in [2.75, 3.05) is 7.05 Å². The molecule has 0 fully saturated rings. The largest absolute Gasteiger partial charge is 0.263 e. The first-order valence-corrected chi connectivity index (χ1v) is 8.13. The second kappa shape index (κ2) is 5.08. The van der Waals surface area contributed by atoms with Crippen LogP contribution < -0.4 is 0 Å². The molecule has 2 heterocycles. The van der Waals surface area contributed by atoms with E-state index in [4.69, 9.17) is 0 Å². The summed E-state index contributed by atoms with van der Waals surface area (Å²) in [6.07, 6.45) is 0. The van der Waals surface area contributed by atoms with E-state index in [1.165, 1.54) is 27.4 Å². The lowest BCUT2D eigenvalue weighted by Crippen LogP contribution is -2.28. The maximum absolute atomic E-state index is 12.4. The van der Waals surface area contributed by atoms with Gasteiger partial charge in [0.2, 0.25) is 5.03 Å². The molecule has 2 aromatic heterocycles. The van der Waals surface area contributed by atoms with E-state index >= 15 is 0 Å². The van der Waals surface area contributed by atoms with Crippen LogP contribution in [0.1, 0.15) is 5.56 Å². The van der Waals surface area contributed by atoms with Crippen LogP contribution in [-0.2, 0) is 23.6 Å². The summed E-state index contributed by atoms with van der Waals surface area (Å²) in [5.41, 5.74) is 0.956. The van der Waals surface area contributed by atoms with Crippen molar-refractivity contribution < 1.29 is 8.42 Å². The van der Waals surface area contributed by atoms with Crippen molar-refractivity contribution in [1.82, 2.24) is 19.3 Å². The average molecular weight is 351 g/mol. The monoisotopic (exact) mass is 350 g/mol. The van der Waals surface area contributed by atoms with Crippen LogP contribution in [0.25, 0.3) is 0 Å². The zero-order chi connectivity index (χ0) is 13.3. The Bertz CT molecular complexity index is 616. The molecule has 0 unspecified atom stereocenters. The van der Waals surface area contributed by atoms with E-state index in [-0.39, 0.29) is 9.63 Å². The minimum atomic E-state index is -3.60. The number of rotatable bonds is 4. The van der Waals surface area contributed by atoms with Gasteiger partial charge in [0, 0.05) is 20.6 Å². The first-order valence-electron chi connectivity index (χ1n) is 4.95. The molecule has 0 spiro atoms. The third-order valence-corrected chi connectivity index (χ3v) is 5.80. The van der Waals surface area contributed by atoms with Crippen LogP contribution in [0.5, 0.6) is 0 Å². The highest BCUT2D eigenvalue weighted by Gasteiger charge is 2.28. The van der Waals surface area contributed by atoms with Crippen molar-refractivity contribution in [3.63, 3.8) is 0 Å². The summed E-state index contributed by atoms with van der Waals surface area (Å²) in [4.78, 5) is 0. The van der Waals surface area contributed by atoms with Crippen LogP contribution in [0, 0.1) is 0 Å². The fraction of sp³-hybridized carbons (Fsp3) is 0.333. The minimum Gasteiger partial charge on any atom is -0.235 e. The predicted octanol–water partition coefficient (Wildman–Crippen LogP) is 1.46. The molecule has 0 radical (unpaired) electrons. The fourth-order valence-corrected chi connectivity index (χ4v) is 4.31. The number of thiophene rings is 1. The molecule has 0 amide bonds. The quantitative estimate of drug-likeness (QED) is 0.836. The zero-order valence-electron chi connectivity index (χ0n) is 9.74. The smallest absolute Gasteiger partial charge is 0.235 e. The summed E-state index contributed by atoms with van der Waals surface area (Å²) < 4.78 is 27.5. The number of nitrogens with zero attached hydrogens (tertiary/aromatic N) is 4. The van der Waals surface area contributed by atoms with Gasteiger partial charge in [0.15, 0.2) is 4.60 Å². The first-order chi connectivity index (χ1) is 8.43. The Hall–Kier alpha value is -0.770. The van der Waals surface area contributed by atoms with E-state index < -0.39 is 10.0 Å². The average Bonchev–Trinajstić information content (AvgIpc) is 2.89. The molecule has 0 N–H and O–H groups in total. The Morgan fingerprint density at radius 2 is 2.28 bits per heavy atom. The number of sulfonamides is 1. The molecule has 6 nitrogen and oxygen atoms in total. The van der Waals surface area contributed by atoms with Crippen LogP contribution in [-0.4, -0.2) is 34.8 Å². The van der Waals surface area contributed by atoms with Gasteiger partial charge in [-0.2, -0.15) is 15.6 Å². The van der Waals surface area contributed by atoms with Gasteiger partial charge in [-0.15, -0.1) is 5.10 Å².